The van der Waals surface area contributed by atoms with Gasteiger partial charge in [-0.15, -0.1) is 36.2 Å². The molecule has 1 aromatic heterocycles. The number of hydrogen-bond donors (Lipinski definition) is 1. The minimum absolute atomic E-state index is 0. The standard InChI is InChI=1S/C11H13Br2N3S.2ClH/c12-8-7-10(17-11(8)13)9(1-2-14)16-5-3-15-4-6-16;;/h7,9,15H,1,3-6H2;2*1H/t9-;;/m0../s1. The van der Waals surface area contributed by atoms with Gasteiger partial charge in [-0.3, -0.25) is 4.90 Å². The Kier molecular flexibility index (Phi) is 9.89. The molecule has 2 heterocycles. The quantitative estimate of drug-likeness (QED) is 0.755. The fourth-order valence-electron chi connectivity index (χ4n) is 2.02. The molecule has 1 aliphatic rings. The lowest BCUT2D eigenvalue weighted by atomic mass is 10.1. The van der Waals surface area contributed by atoms with Crippen molar-refractivity contribution in [1.82, 2.24) is 10.2 Å². The summed E-state index contributed by atoms with van der Waals surface area (Å²) < 4.78 is 2.18. The predicted molar refractivity (Wildman–Crippen MR) is 91.6 cm³/mol. The van der Waals surface area contributed by atoms with E-state index in [4.69, 9.17) is 5.26 Å². The van der Waals surface area contributed by atoms with Crippen molar-refractivity contribution in [3.63, 3.8) is 0 Å². The van der Waals surface area contributed by atoms with E-state index in [2.05, 4.69) is 54.2 Å². The van der Waals surface area contributed by atoms with Crippen molar-refractivity contribution in [1.29, 1.82) is 5.26 Å². The predicted octanol–water partition coefficient (Wildman–Crippen LogP) is 3.98. The van der Waals surface area contributed by atoms with Crippen molar-refractivity contribution >= 4 is 68.0 Å². The molecule has 0 bridgehead atoms. The number of nitriles is 1. The molecule has 1 fully saturated rings. The molecule has 0 aromatic carbocycles. The summed E-state index contributed by atoms with van der Waals surface area (Å²) in [5.74, 6) is 0. The highest BCUT2D eigenvalue weighted by Gasteiger charge is 2.24. The zero-order chi connectivity index (χ0) is 12.3. The molecule has 0 amide bonds. The minimum atomic E-state index is 0. The van der Waals surface area contributed by atoms with Crippen molar-refractivity contribution in [2.45, 2.75) is 12.5 Å². The van der Waals surface area contributed by atoms with Crippen LogP contribution in [0.1, 0.15) is 17.3 Å². The minimum Gasteiger partial charge on any atom is -0.314 e. The maximum atomic E-state index is 8.99. The van der Waals surface area contributed by atoms with Gasteiger partial charge in [-0.1, -0.05) is 0 Å². The van der Waals surface area contributed by atoms with E-state index in [1.54, 1.807) is 11.3 Å². The van der Waals surface area contributed by atoms with Gasteiger partial charge in [-0.2, -0.15) is 5.26 Å². The lowest BCUT2D eigenvalue weighted by molar-refractivity contribution is 0.178. The highest BCUT2D eigenvalue weighted by Crippen LogP contribution is 2.38. The zero-order valence-corrected chi connectivity index (χ0v) is 15.7. The Bertz CT molecular complexity index is 411. The van der Waals surface area contributed by atoms with Crippen molar-refractivity contribution < 1.29 is 0 Å². The first-order valence-corrected chi connectivity index (χ1v) is 7.89. The molecule has 19 heavy (non-hydrogen) atoms. The highest BCUT2D eigenvalue weighted by atomic mass is 79.9. The van der Waals surface area contributed by atoms with Crippen LogP contribution in [0, 0.1) is 11.3 Å². The summed E-state index contributed by atoms with van der Waals surface area (Å²) >= 11 is 8.74. The number of rotatable bonds is 3. The Balaban J connectivity index is 0.00000162. The molecule has 2 rings (SSSR count). The lowest BCUT2D eigenvalue weighted by Crippen LogP contribution is -2.44. The van der Waals surface area contributed by atoms with Gasteiger partial charge in [0.15, 0.2) is 0 Å². The second-order valence-electron chi connectivity index (χ2n) is 3.93. The van der Waals surface area contributed by atoms with Crippen molar-refractivity contribution in [3.8, 4) is 6.07 Å². The van der Waals surface area contributed by atoms with Gasteiger partial charge in [-0.05, 0) is 37.9 Å². The van der Waals surface area contributed by atoms with E-state index in [0.717, 1.165) is 34.4 Å². The molecule has 0 spiro atoms. The van der Waals surface area contributed by atoms with Crippen LogP contribution < -0.4 is 5.32 Å². The zero-order valence-electron chi connectivity index (χ0n) is 10.1. The van der Waals surface area contributed by atoms with Crippen LogP contribution in [0.15, 0.2) is 14.3 Å². The second kappa shape index (κ2) is 9.56. The highest BCUT2D eigenvalue weighted by molar-refractivity contribution is 9.13. The Morgan fingerprint density at radius 1 is 1.37 bits per heavy atom. The van der Waals surface area contributed by atoms with Gasteiger partial charge >= 0.3 is 0 Å². The van der Waals surface area contributed by atoms with Crippen molar-refractivity contribution in [2.24, 2.45) is 0 Å². The normalized spacial score (nSPS) is 16.9. The summed E-state index contributed by atoms with van der Waals surface area (Å²) in [6, 6.07) is 4.66. The van der Waals surface area contributed by atoms with Crippen LogP contribution in [-0.4, -0.2) is 31.1 Å². The molecule has 3 nitrogen and oxygen atoms in total. The molecule has 0 unspecified atom stereocenters. The summed E-state index contributed by atoms with van der Waals surface area (Å²) in [5.41, 5.74) is 0. The third-order valence-corrected chi connectivity index (χ3v) is 6.23. The van der Waals surface area contributed by atoms with Gasteiger partial charge in [-0.25, -0.2) is 0 Å². The molecule has 0 saturated carbocycles. The van der Waals surface area contributed by atoms with Gasteiger partial charge in [0.1, 0.15) is 0 Å². The third-order valence-electron chi connectivity index (χ3n) is 2.87. The van der Waals surface area contributed by atoms with E-state index in [1.165, 1.54) is 4.88 Å². The van der Waals surface area contributed by atoms with Crippen molar-refractivity contribution in [2.75, 3.05) is 26.2 Å². The molecule has 1 saturated heterocycles. The summed E-state index contributed by atoms with van der Waals surface area (Å²) in [5, 5.41) is 12.3. The van der Waals surface area contributed by atoms with Crippen LogP contribution in [0.25, 0.3) is 0 Å². The maximum absolute atomic E-state index is 8.99. The first-order valence-electron chi connectivity index (χ1n) is 5.49. The van der Waals surface area contributed by atoms with Crippen LogP contribution in [0.4, 0.5) is 0 Å². The molecule has 108 valence electrons. The first-order chi connectivity index (χ1) is 8.22. The van der Waals surface area contributed by atoms with Crippen molar-refractivity contribution in [3.05, 3.63) is 19.2 Å². The molecular weight excluding hydrogens is 437 g/mol. The van der Waals surface area contributed by atoms with Gasteiger partial charge in [0.05, 0.1) is 22.3 Å². The fourth-order valence-corrected chi connectivity index (χ4v) is 4.24. The van der Waals surface area contributed by atoms with E-state index in [9.17, 15) is 0 Å². The SMILES string of the molecule is Cl.Cl.N#CC[C@@H](c1cc(Br)c(Br)s1)N1CCNCC1. The average molecular weight is 452 g/mol. The van der Waals surface area contributed by atoms with Crippen LogP contribution in [0.2, 0.25) is 0 Å². The third kappa shape index (κ3) is 5.16. The Morgan fingerprint density at radius 2 is 2.00 bits per heavy atom. The summed E-state index contributed by atoms with van der Waals surface area (Å²) in [4.78, 5) is 3.65. The Hall–Kier alpha value is 0.650. The number of thiophene rings is 1. The molecule has 0 radical (unpaired) electrons. The molecule has 0 aliphatic carbocycles. The van der Waals surface area contributed by atoms with Gasteiger partial charge in [0.2, 0.25) is 0 Å². The number of halogens is 4. The lowest BCUT2D eigenvalue weighted by Gasteiger charge is -2.33. The van der Waals surface area contributed by atoms with Crippen LogP contribution in [0.5, 0.6) is 0 Å². The van der Waals surface area contributed by atoms with Crippen LogP contribution >= 0.6 is 68.0 Å². The van der Waals surface area contributed by atoms with E-state index in [-0.39, 0.29) is 30.9 Å². The smallest absolute Gasteiger partial charge is 0.0843 e. The molecule has 1 aromatic rings. The average Bonchev–Trinajstić information content (AvgIpc) is 2.67. The topological polar surface area (TPSA) is 39.1 Å². The molecule has 1 atom stereocenters. The molecular formula is C11H15Br2Cl2N3S. The van der Waals surface area contributed by atoms with Gasteiger partial charge < -0.3 is 5.32 Å². The van der Waals surface area contributed by atoms with Crippen LogP contribution in [0.3, 0.4) is 0 Å². The largest absolute Gasteiger partial charge is 0.314 e. The number of nitrogens with one attached hydrogen (secondary N) is 1. The van der Waals surface area contributed by atoms with E-state index in [1.807, 2.05) is 0 Å². The summed E-state index contributed by atoms with van der Waals surface area (Å²) in [6.07, 6.45) is 0.555. The first kappa shape index (κ1) is 19.7. The Morgan fingerprint density at radius 3 is 2.47 bits per heavy atom. The van der Waals surface area contributed by atoms with E-state index >= 15 is 0 Å². The summed E-state index contributed by atoms with van der Waals surface area (Å²) in [6.45, 7) is 4.05. The molecule has 8 heteroatoms. The van der Waals surface area contributed by atoms with E-state index in [0.29, 0.717) is 6.42 Å². The number of hydrogen-bond acceptors (Lipinski definition) is 4. The van der Waals surface area contributed by atoms with Gasteiger partial charge in [0, 0.05) is 35.5 Å². The summed E-state index contributed by atoms with van der Waals surface area (Å²) in [7, 11) is 0. The van der Waals surface area contributed by atoms with Gasteiger partial charge in [0.25, 0.3) is 0 Å². The number of nitrogens with zero attached hydrogens (tertiary/aromatic N) is 2. The Labute approximate surface area is 146 Å². The molecule has 1 N–H and O–H groups in total. The molecule has 1 aliphatic heterocycles. The van der Waals surface area contributed by atoms with Crippen LogP contribution in [-0.2, 0) is 0 Å². The number of piperazine rings is 1. The van der Waals surface area contributed by atoms with E-state index < -0.39 is 0 Å². The fraction of sp³-hybridized carbons (Fsp3) is 0.545. The second-order valence-corrected chi connectivity index (χ2v) is 7.19. The maximum Gasteiger partial charge on any atom is 0.0843 e. The monoisotopic (exact) mass is 449 g/mol.